The molecule has 3 aromatic rings. The number of hydrogen-bond donors (Lipinski definition) is 2. The molecule has 0 atom stereocenters. The van der Waals surface area contributed by atoms with Crippen molar-refractivity contribution in [3.8, 4) is 0 Å². The van der Waals surface area contributed by atoms with Gasteiger partial charge in [-0.15, -0.1) is 0 Å². The summed E-state index contributed by atoms with van der Waals surface area (Å²) in [5, 5.41) is 0. The number of H-pyrrole nitrogens is 2. The van der Waals surface area contributed by atoms with Crippen molar-refractivity contribution in [2.75, 3.05) is 13.1 Å². The fourth-order valence-electron chi connectivity index (χ4n) is 3.14. The molecule has 0 radical (unpaired) electrons. The van der Waals surface area contributed by atoms with Gasteiger partial charge in [-0.3, -0.25) is 9.78 Å². The van der Waals surface area contributed by atoms with E-state index in [0.29, 0.717) is 24.3 Å². The predicted octanol–water partition coefficient (Wildman–Crippen LogP) is 0.773. The van der Waals surface area contributed by atoms with Crippen LogP contribution in [0.15, 0.2) is 49.4 Å². The molecule has 2 N–H and O–H groups in total. The van der Waals surface area contributed by atoms with E-state index in [1.807, 2.05) is 29.2 Å². The van der Waals surface area contributed by atoms with Crippen LogP contribution >= 0.6 is 0 Å². The third-order valence-corrected chi connectivity index (χ3v) is 6.42. The molecule has 3 heterocycles. The maximum atomic E-state index is 12.6. The van der Waals surface area contributed by atoms with Crippen LogP contribution in [0.25, 0.3) is 11.1 Å². The molecule has 1 aliphatic heterocycles. The number of sulfonamides is 1. The van der Waals surface area contributed by atoms with Gasteiger partial charge >= 0.3 is 5.69 Å². The van der Waals surface area contributed by atoms with E-state index in [0.717, 1.165) is 11.7 Å². The molecule has 1 aliphatic rings. The van der Waals surface area contributed by atoms with Crippen molar-refractivity contribution < 1.29 is 12.8 Å². The highest BCUT2D eigenvalue weighted by Gasteiger charge is 2.33. The van der Waals surface area contributed by atoms with Crippen molar-refractivity contribution in [1.29, 1.82) is 0 Å². The Bertz CT molecular complexity index is 1140. The minimum atomic E-state index is -3.97. The van der Waals surface area contributed by atoms with E-state index in [9.17, 15) is 18.0 Å². The lowest BCUT2D eigenvalue weighted by Gasteiger charge is -2.29. The second-order valence-corrected chi connectivity index (χ2v) is 8.04. The van der Waals surface area contributed by atoms with Crippen molar-refractivity contribution in [2.45, 2.75) is 23.7 Å². The van der Waals surface area contributed by atoms with Gasteiger partial charge in [-0.25, -0.2) is 18.2 Å². The van der Waals surface area contributed by atoms with E-state index >= 15 is 0 Å². The summed E-state index contributed by atoms with van der Waals surface area (Å²) in [7, 11) is -3.97. The number of fused-ring (bicyclic) bond motifs is 1. The third kappa shape index (κ3) is 2.86. The first-order valence-electron chi connectivity index (χ1n) is 8.13. The number of aromatic nitrogens is 3. The zero-order valence-electron chi connectivity index (χ0n) is 13.6. The summed E-state index contributed by atoms with van der Waals surface area (Å²) >= 11 is 0. The van der Waals surface area contributed by atoms with Crippen molar-refractivity contribution >= 4 is 21.1 Å². The molecule has 0 spiro atoms. The molecule has 10 heteroatoms. The molecule has 0 saturated carbocycles. The molecule has 9 nitrogen and oxygen atoms in total. The highest BCUT2D eigenvalue weighted by Crippen LogP contribution is 2.31. The van der Waals surface area contributed by atoms with E-state index in [4.69, 9.17) is 4.42 Å². The number of benzene rings is 1. The maximum absolute atomic E-state index is 12.6. The van der Waals surface area contributed by atoms with Gasteiger partial charge in [-0.1, -0.05) is 12.1 Å². The van der Waals surface area contributed by atoms with Crippen LogP contribution in [0.3, 0.4) is 0 Å². The van der Waals surface area contributed by atoms with Crippen molar-refractivity contribution in [2.24, 2.45) is 0 Å². The summed E-state index contributed by atoms with van der Waals surface area (Å²) in [6, 6.07) is 7.46. The standard InChI is InChI=1S/C16H16N4O5S/c21-14-13(9-17-16(22)19-14)26(23,24)20-7-5-10(6-8-20)15-18-11-3-1-2-4-12(11)25-15/h1-4,9-10H,5-8H2,(H2,17,19,21,22). The number of hydrogen-bond acceptors (Lipinski definition) is 6. The highest BCUT2D eigenvalue weighted by molar-refractivity contribution is 7.89. The lowest BCUT2D eigenvalue weighted by Crippen LogP contribution is -2.41. The SMILES string of the molecule is O=c1[nH]cc(S(=O)(=O)N2CCC(c3nc4ccccc4o3)CC2)c(=O)[nH]1. The number of para-hydroxylation sites is 2. The van der Waals surface area contributed by atoms with Crippen LogP contribution in [-0.4, -0.2) is 40.8 Å². The molecule has 136 valence electrons. The first-order valence-corrected chi connectivity index (χ1v) is 9.57. The van der Waals surface area contributed by atoms with Crippen LogP contribution in [-0.2, 0) is 10.0 Å². The van der Waals surface area contributed by atoms with E-state index in [1.165, 1.54) is 4.31 Å². The number of oxazole rings is 1. The van der Waals surface area contributed by atoms with Gasteiger partial charge in [0, 0.05) is 25.2 Å². The molecular formula is C16H16N4O5S. The Labute approximate surface area is 147 Å². The number of nitrogens with one attached hydrogen (secondary N) is 2. The smallest absolute Gasteiger partial charge is 0.325 e. The molecule has 0 amide bonds. The first kappa shape index (κ1) is 16.7. The van der Waals surface area contributed by atoms with Crippen LogP contribution in [0.5, 0.6) is 0 Å². The van der Waals surface area contributed by atoms with Crippen LogP contribution in [0.2, 0.25) is 0 Å². The van der Waals surface area contributed by atoms with Gasteiger partial charge in [0.05, 0.1) is 0 Å². The topological polar surface area (TPSA) is 129 Å². The largest absolute Gasteiger partial charge is 0.440 e. The van der Waals surface area contributed by atoms with Gasteiger partial charge in [-0.2, -0.15) is 4.31 Å². The molecule has 1 fully saturated rings. The van der Waals surface area contributed by atoms with Gasteiger partial charge in [0.25, 0.3) is 5.56 Å². The van der Waals surface area contributed by atoms with Gasteiger partial charge in [0.15, 0.2) is 16.4 Å². The van der Waals surface area contributed by atoms with E-state index < -0.39 is 26.2 Å². The molecule has 26 heavy (non-hydrogen) atoms. The Kier molecular flexibility index (Phi) is 4.00. The minimum Gasteiger partial charge on any atom is -0.440 e. The normalized spacial score (nSPS) is 16.9. The van der Waals surface area contributed by atoms with Gasteiger partial charge in [0.2, 0.25) is 10.0 Å². The first-order chi connectivity index (χ1) is 12.4. The quantitative estimate of drug-likeness (QED) is 0.695. The Morgan fingerprint density at radius 3 is 2.58 bits per heavy atom. The fraction of sp³-hybridized carbons (Fsp3) is 0.312. The second-order valence-electron chi connectivity index (χ2n) is 6.13. The Morgan fingerprint density at radius 2 is 1.88 bits per heavy atom. The van der Waals surface area contributed by atoms with Crippen LogP contribution in [0, 0.1) is 0 Å². The van der Waals surface area contributed by atoms with Gasteiger partial charge in [-0.05, 0) is 25.0 Å². The molecule has 0 aliphatic carbocycles. The van der Waals surface area contributed by atoms with Crippen LogP contribution in [0.4, 0.5) is 0 Å². The van der Waals surface area contributed by atoms with E-state index in [1.54, 1.807) is 0 Å². The highest BCUT2D eigenvalue weighted by atomic mass is 32.2. The molecule has 1 saturated heterocycles. The lowest BCUT2D eigenvalue weighted by atomic mass is 9.98. The number of aromatic amines is 2. The molecule has 4 rings (SSSR count). The average molecular weight is 376 g/mol. The molecule has 0 unspecified atom stereocenters. The predicted molar refractivity (Wildman–Crippen MR) is 92.4 cm³/mol. The van der Waals surface area contributed by atoms with Crippen LogP contribution in [0.1, 0.15) is 24.7 Å². The van der Waals surface area contributed by atoms with Crippen molar-refractivity contribution in [1.82, 2.24) is 19.3 Å². The maximum Gasteiger partial charge on any atom is 0.325 e. The van der Waals surface area contributed by atoms with E-state index in [-0.39, 0.29) is 19.0 Å². The zero-order valence-corrected chi connectivity index (χ0v) is 14.5. The van der Waals surface area contributed by atoms with Gasteiger partial charge in [0.1, 0.15) is 5.52 Å². The monoisotopic (exact) mass is 376 g/mol. The summed E-state index contributed by atoms with van der Waals surface area (Å²) in [5.41, 5.74) is -0.187. The Hall–Kier alpha value is -2.72. The lowest BCUT2D eigenvalue weighted by molar-refractivity contribution is 0.293. The summed E-state index contributed by atoms with van der Waals surface area (Å²) in [6.45, 7) is 0.481. The average Bonchev–Trinajstić information content (AvgIpc) is 3.05. The number of rotatable bonds is 3. The summed E-state index contributed by atoms with van der Waals surface area (Å²) < 4.78 is 32.3. The summed E-state index contributed by atoms with van der Waals surface area (Å²) in [5.74, 6) is 0.618. The van der Waals surface area contributed by atoms with Gasteiger partial charge < -0.3 is 9.40 Å². The Morgan fingerprint density at radius 1 is 1.15 bits per heavy atom. The minimum absolute atomic E-state index is 0.0164. The molecule has 2 aromatic heterocycles. The third-order valence-electron chi connectivity index (χ3n) is 4.52. The fourth-order valence-corrected chi connectivity index (χ4v) is 4.60. The van der Waals surface area contributed by atoms with E-state index in [2.05, 4.69) is 9.97 Å². The summed E-state index contributed by atoms with van der Waals surface area (Å²) in [6.07, 6.45) is 2.00. The molecule has 1 aromatic carbocycles. The summed E-state index contributed by atoms with van der Waals surface area (Å²) in [4.78, 5) is 31.0. The number of piperidine rings is 1. The van der Waals surface area contributed by atoms with Crippen molar-refractivity contribution in [3.63, 3.8) is 0 Å². The molecule has 0 bridgehead atoms. The number of nitrogens with zero attached hydrogens (tertiary/aromatic N) is 2. The second kappa shape index (κ2) is 6.22. The Balaban J connectivity index is 1.54. The van der Waals surface area contributed by atoms with Crippen molar-refractivity contribution in [3.05, 3.63) is 57.2 Å². The zero-order chi connectivity index (χ0) is 18.3. The molecular weight excluding hydrogens is 360 g/mol. The van der Waals surface area contributed by atoms with Crippen LogP contribution < -0.4 is 11.2 Å².